The van der Waals surface area contributed by atoms with Crippen molar-refractivity contribution in [3.63, 3.8) is 0 Å². The molecule has 0 saturated carbocycles. The fourth-order valence-electron chi connectivity index (χ4n) is 5.69. The molecule has 45 heavy (non-hydrogen) atoms. The van der Waals surface area contributed by atoms with E-state index >= 15 is 0 Å². The lowest BCUT2D eigenvalue weighted by Crippen LogP contribution is -2.43. The van der Waals surface area contributed by atoms with Crippen LogP contribution in [0.3, 0.4) is 0 Å². The lowest BCUT2D eigenvalue weighted by molar-refractivity contribution is -0.151. The third kappa shape index (κ3) is 8.02. The van der Waals surface area contributed by atoms with Gasteiger partial charge in [-0.15, -0.1) is 0 Å². The van der Waals surface area contributed by atoms with E-state index in [2.05, 4.69) is 0 Å². The Morgan fingerprint density at radius 2 is 1.62 bits per heavy atom. The Bertz CT molecular complexity index is 1720. The highest BCUT2D eigenvalue weighted by molar-refractivity contribution is 6.30. The average molecular weight is 628 g/mol. The summed E-state index contributed by atoms with van der Waals surface area (Å²) in [6.07, 6.45) is 3.51. The first-order chi connectivity index (χ1) is 21.7. The van der Waals surface area contributed by atoms with Crippen LogP contribution in [-0.2, 0) is 20.9 Å². The summed E-state index contributed by atoms with van der Waals surface area (Å²) in [5, 5.41) is 21.7. The topological polar surface area (TPSA) is 113 Å². The molecule has 4 aromatic carbocycles. The number of carboxylic acid groups (broad SMARTS) is 2. The molecule has 3 atom stereocenters. The summed E-state index contributed by atoms with van der Waals surface area (Å²) in [4.78, 5) is 39.0. The van der Waals surface area contributed by atoms with E-state index in [1.807, 2.05) is 91.9 Å². The number of carbonyl (C=O) groups is 3. The molecule has 0 saturated heterocycles. The van der Waals surface area contributed by atoms with Crippen molar-refractivity contribution in [3.05, 3.63) is 113 Å². The summed E-state index contributed by atoms with van der Waals surface area (Å²) in [5.74, 6) is -3.17. The molecule has 0 radical (unpaired) electrons. The number of hydrogen-bond acceptors (Lipinski definition) is 5. The highest BCUT2D eigenvalue weighted by Crippen LogP contribution is 2.34. The first kappa shape index (κ1) is 31.6. The average Bonchev–Trinajstić information content (AvgIpc) is 3.50. The first-order valence-electron chi connectivity index (χ1n) is 14.7. The second-order valence-electron chi connectivity index (χ2n) is 11.2. The lowest BCUT2D eigenvalue weighted by Gasteiger charge is -2.36. The summed E-state index contributed by atoms with van der Waals surface area (Å²) < 4.78 is 10.9. The van der Waals surface area contributed by atoms with Gasteiger partial charge in [-0.3, -0.25) is 14.4 Å². The van der Waals surface area contributed by atoms with Gasteiger partial charge in [-0.05, 0) is 71.1 Å². The first-order valence-corrected chi connectivity index (χ1v) is 15.1. The molecule has 0 spiro atoms. The molecule has 1 amide bonds. The molecule has 0 bridgehead atoms. The van der Waals surface area contributed by atoms with Crippen LogP contribution in [0.15, 0.2) is 91.0 Å². The number of allylic oxidation sites excluding steroid dienone is 1. The maximum absolute atomic E-state index is 13.9. The zero-order valence-electron chi connectivity index (χ0n) is 24.8. The maximum Gasteiger partial charge on any atom is 0.307 e. The number of carboxylic acids is 2. The van der Waals surface area contributed by atoms with Crippen molar-refractivity contribution in [3.8, 4) is 11.5 Å². The number of ether oxygens (including phenoxy) is 2. The van der Waals surface area contributed by atoms with E-state index in [-0.39, 0.29) is 19.3 Å². The highest BCUT2D eigenvalue weighted by atomic mass is 35.5. The van der Waals surface area contributed by atoms with Gasteiger partial charge in [0, 0.05) is 29.9 Å². The molecule has 232 valence electrons. The molecular formula is C36H34ClNO7. The normalized spacial score (nSPS) is 14.3. The van der Waals surface area contributed by atoms with E-state index < -0.39 is 42.6 Å². The number of hydrogen-bond donors (Lipinski definition) is 2. The van der Waals surface area contributed by atoms with Crippen molar-refractivity contribution in [1.29, 1.82) is 0 Å². The fourth-order valence-corrected chi connectivity index (χ4v) is 5.81. The van der Waals surface area contributed by atoms with Crippen LogP contribution in [0.2, 0.25) is 5.02 Å². The molecule has 1 heterocycles. The molecule has 8 nitrogen and oxygen atoms in total. The Labute approximate surface area is 266 Å². The second-order valence-corrected chi connectivity index (χ2v) is 11.6. The minimum Gasteiger partial charge on any atom is -0.481 e. The molecule has 1 aliphatic heterocycles. The number of benzene rings is 4. The smallest absolute Gasteiger partial charge is 0.307 e. The minimum absolute atomic E-state index is 0.189. The van der Waals surface area contributed by atoms with E-state index in [9.17, 15) is 24.6 Å². The van der Waals surface area contributed by atoms with Crippen molar-refractivity contribution < 1.29 is 34.1 Å². The molecule has 0 fully saturated rings. The van der Waals surface area contributed by atoms with Gasteiger partial charge in [0.15, 0.2) is 11.5 Å². The van der Waals surface area contributed by atoms with Gasteiger partial charge in [-0.25, -0.2) is 0 Å². The zero-order chi connectivity index (χ0) is 31.9. The van der Waals surface area contributed by atoms with Gasteiger partial charge >= 0.3 is 11.9 Å². The Balaban J connectivity index is 1.47. The fraction of sp³-hybridized carbons (Fsp3) is 0.250. The Morgan fingerprint density at radius 1 is 0.889 bits per heavy atom. The number of nitrogens with zero attached hydrogens (tertiary/aromatic N) is 1. The van der Waals surface area contributed by atoms with Crippen LogP contribution < -0.4 is 9.47 Å². The Morgan fingerprint density at radius 3 is 2.36 bits per heavy atom. The van der Waals surface area contributed by atoms with Crippen molar-refractivity contribution >= 4 is 46.3 Å². The van der Waals surface area contributed by atoms with Crippen LogP contribution in [-0.4, -0.2) is 45.8 Å². The van der Waals surface area contributed by atoms with Crippen molar-refractivity contribution in [1.82, 2.24) is 4.90 Å². The van der Waals surface area contributed by atoms with Gasteiger partial charge in [0.1, 0.15) is 0 Å². The number of fused-ring (bicyclic) bond motifs is 2. The summed E-state index contributed by atoms with van der Waals surface area (Å²) in [6.45, 7) is 2.36. The van der Waals surface area contributed by atoms with Crippen LogP contribution in [0.4, 0.5) is 0 Å². The van der Waals surface area contributed by atoms with E-state index in [0.717, 1.165) is 27.5 Å². The zero-order valence-corrected chi connectivity index (χ0v) is 25.5. The van der Waals surface area contributed by atoms with Crippen LogP contribution in [0, 0.1) is 5.92 Å². The molecular weight excluding hydrogens is 594 g/mol. The van der Waals surface area contributed by atoms with E-state index in [1.54, 1.807) is 17.0 Å². The van der Waals surface area contributed by atoms with Gasteiger partial charge in [0.2, 0.25) is 12.7 Å². The minimum atomic E-state index is -1.35. The van der Waals surface area contributed by atoms with Gasteiger partial charge in [-0.1, -0.05) is 78.4 Å². The number of aliphatic carboxylic acids is 2. The van der Waals surface area contributed by atoms with E-state index in [0.29, 0.717) is 22.9 Å². The molecule has 3 unspecified atom stereocenters. The third-order valence-corrected chi connectivity index (χ3v) is 8.40. The predicted molar refractivity (Wildman–Crippen MR) is 172 cm³/mol. The van der Waals surface area contributed by atoms with Crippen LogP contribution in [0.1, 0.15) is 48.8 Å². The highest BCUT2D eigenvalue weighted by Gasteiger charge is 2.32. The van der Waals surface area contributed by atoms with Crippen LogP contribution in [0.5, 0.6) is 11.5 Å². The second kappa shape index (κ2) is 14.3. The molecule has 5 rings (SSSR count). The van der Waals surface area contributed by atoms with E-state index in [4.69, 9.17) is 21.1 Å². The summed E-state index contributed by atoms with van der Waals surface area (Å²) in [5.41, 5.74) is 2.77. The molecule has 9 heteroatoms. The molecule has 4 aromatic rings. The number of rotatable bonds is 13. The van der Waals surface area contributed by atoms with Crippen molar-refractivity contribution in [2.75, 3.05) is 6.79 Å². The monoisotopic (exact) mass is 627 g/mol. The van der Waals surface area contributed by atoms with Gasteiger partial charge in [0.25, 0.3) is 0 Å². The standard InChI is InChI=1S/C36H34ClNO7/c1-23(31(27-12-14-30(37)15-13-27)8-4-5-24-10-16-32-33(18-24)45-22-44-32)38(34(39)19-29(36(42)43)20-35(40)41)21-25-9-11-26-6-2-3-7-28(26)17-25/h2-7,9-18,23,29,31H,8,19-22H2,1H3,(H,40,41)(H,42,43). The maximum atomic E-state index is 13.9. The number of halogens is 1. The van der Waals surface area contributed by atoms with Crippen LogP contribution in [0.25, 0.3) is 16.8 Å². The summed E-state index contributed by atoms with van der Waals surface area (Å²) in [7, 11) is 0. The molecule has 0 aromatic heterocycles. The van der Waals surface area contributed by atoms with Gasteiger partial charge in [-0.2, -0.15) is 0 Å². The quantitative estimate of drug-likeness (QED) is 0.159. The third-order valence-electron chi connectivity index (χ3n) is 8.15. The number of carbonyl (C=O) groups excluding carboxylic acids is 1. The van der Waals surface area contributed by atoms with Crippen molar-refractivity contribution in [2.45, 2.75) is 44.7 Å². The summed E-state index contributed by atoms with van der Waals surface area (Å²) in [6, 6.07) is 26.7. The SMILES string of the molecule is CC(C(CC=Cc1ccc2c(c1)OCO2)c1ccc(Cl)cc1)N(Cc1ccc2ccccc2c1)C(=O)CC(CC(=O)O)C(=O)O. The molecule has 0 aliphatic carbocycles. The van der Waals surface area contributed by atoms with Crippen LogP contribution >= 0.6 is 11.6 Å². The van der Waals surface area contributed by atoms with E-state index in [1.165, 1.54) is 0 Å². The Hall–Kier alpha value is -4.82. The summed E-state index contributed by atoms with van der Waals surface area (Å²) >= 11 is 6.22. The lowest BCUT2D eigenvalue weighted by atomic mass is 9.87. The Kier molecular flexibility index (Phi) is 10.0. The largest absolute Gasteiger partial charge is 0.481 e. The number of amides is 1. The molecule has 1 aliphatic rings. The predicted octanol–water partition coefficient (Wildman–Crippen LogP) is 7.39. The molecule has 2 N–H and O–H groups in total. The van der Waals surface area contributed by atoms with Gasteiger partial charge < -0.3 is 24.6 Å². The van der Waals surface area contributed by atoms with Gasteiger partial charge in [0.05, 0.1) is 12.3 Å². The van der Waals surface area contributed by atoms with Crippen molar-refractivity contribution in [2.24, 2.45) is 5.92 Å².